The quantitative estimate of drug-likeness (QED) is 0.602. The van der Waals surface area contributed by atoms with Crippen LogP contribution in [0, 0.1) is 5.92 Å². The first-order chi connectivity index (χ1) is 7.88. The van der Waals surface area contributed by atoms with Crippen molar-refractivity contribution in [3.8, 4) is 0 Å². The summed E-state index contributed by atoms with van der Waals surface area (Å²) >= 11 is 0. The van der Waals surface area contributed by atoms with E-state index in [4.69, 9.17) is 5.11 Å². The number of hydrogen-bond acceptors (Lipinski definition) is 4. The fraction of sp³-hybridized carbons (Fsp3) is 0.700. The molecule has 1 aliphatic heterocycles. The van der Waals surface area contributed by atoms with E-state index in [0.717, 1.165) is 0 Å². The van der Waals surface area contributed by atoms with Gasteiger partial charge in [-0.1, -0.05) is 0 Å². The van der Waals surface area contributed by atoms with Gasteiger partial charge in [-0.15, -0.1) is 0 Å². The number of carboxylic acid groups (broad SMARTS) is 1. The van der Waals surface area contributed by atoms with Crippen LogP contribution in [0.25, 0.3) is 0 Å². The van der Waals surface area contributed by atoms with Crippen LogP contribution < -0.4 is 10.6 Å². The highest BCUT2D eigenvalue weighted by Crippen LogP contribution is 2.14. The molecule has 0 bridgehead atoms. The molecule has 0 saturated carbocycles. The molecule has 7 heteroatoms. The molecule has 0 aliphatic carbocycles. The van der Waals surface area contributed by atoms with Gasteiger partial charge in [0.25, 0.3) is 0 Å². The minimum atomic E-state index is -0.848. The van der Waals surface area contributed by atoms with Gasteiger partial charge < -0.3 is 10.4 Å². The number of urea groups is 1. The molecule has 0 aromatic carbocycles. The molecule has 96 valence electrons. The Kier molecular flexibility index (Phi) is 4.45. The van der Waals surface area contributed by atoms with Gasteiger partial charge in [0.2, 0.25) is 5.91 Å². The van der Waals surface area contributed by atoms with Crippen LogP contribution in [0.1, 0.15) is 13.8 Å². The second-order valence-corrected chi connectivity index (χ2v) is 4.41. The maximum atomic E-state index is 11.4. The smallest absolute Gasteiger partial charge is 0.321 e. The van der Waals surface area contributed by atoms with E-state index in [9.17, 15) is 14.4 Å². The van der Waals surface area contributed by atoms with Gasteiger partial charge in [-0.2, -0.15) is 0 Å². The maximum Gasteiger partial charge on any atom is 0.321 e. The Labute approximate surface area is 99.2 Å². The molecule has 3 N–H and O–H groups in total. The Morgan fingerprint density at radius 2 is 1.94 bits per heavy atom. The lowest BCUT2D eigenvalue weighted by atomic mass is 10.0. The highest BCUT2D eigenvalue weighted by atomic mass is 16.4. The first-order valence-electron chi connectivity index (χ1n) is 5.44. The molecule has 1 heterocycles. The Morgan fingerprint density at radius 3 is 2.41 bits per heavy atom. The van der Waals surface area contributed by atoms with Crippen molar-refractivity contribution in [2.45, 2.75) is 19.9 Å². The Balaban J connectivity index is 2.19. The van der Waals surface area contributed by atoms with E-state index in [1.54, 1.807) is 18.7 Å². The number of aliphatic carboxylic acids is 1. The molecule has 1 aliphatic rings. The van der Waals surface area contributed by atoms with Crippen LogP contribution in [-0.4, -0.2) is 53.6 Å². The lowest BCUT2D eigenvalue weighted by Gasteiger charge is -2.35. The molecule has 0 unspecified atom stereocenters. The summed E-state index contributed by atoms with van der Waals surface area (Å²) in [4.78, 5) is 34.7. The van der Waals surface area contributed by atoms with Crippen LogP contribution in [0.2, 0.25) is 0 Å². The van der Waals surface area contributed by atoms with Crippen molar-refractivity contribution in [3.63, 3.8) is 0 Å². The Hall–Kier alpha value is -1.63. The summed E-state index contributed by atoms with van der Waals surface area (Å²) in [6.07, 6.45) is 0. The number of imide groups is 1. The van der Waals surface area contributed by atoms with Crippen LogP contribution in [0.3, 0.4) is 0 Å². The van der Waals surface area contributed by atoms with Crippen LogP contribution in [-0.2, 0) is 9.59 Å². The largest absolute Gasteiger partial charge is 0.481 e. The highest BCUT2D eigenvalue weighted by Gasteiger charge is 2.33. The Bertz CT molecular complexity index is 324. The average Bonchev–Trinajstić information content (AvgIpc) is 2.07. The van der Waals surface area contributed by atoms with Gasteiger partial charge in [-0.3, -0.25) is 19.8 Å². The third-order valence-electron chi connectivity index (χ3n) is 2.35. The van der Waals surface area contributed by atoms with Gasteiger partial charge in [0.15, 0.2) is 0 Å². The van der Waals surface area contributed by atoms with Crippen molar-refractivity contribution in [1.29, 1.82) is 0 Å². The van der Waals surface area contributed by atoms with Crippen molar-refractivity contribution in [2.24, 2.45) is 5.92 Å². The predicted octanol–water partition coefficient (Wildman–Crippen LogP) is -0.763. The topological polar surface area (TPSA) is 98.7 Å². The summed E-state index contributed by atoms with van der Waals surface area (Å²) in [5.41, 5.74) is 0. The van der Waals surface area contributed by atoms with Gasteiger partial charge in [-0.05, 0) is 13.8 Å². The van der Waals surface area contributed by atoms with E-state index in [0.29, 0.717) is 13.1 Å². The first-order valence-corrected chi connectivity index (χ1v) is 5.44. The molecular formula is C10H17N3O4. The van der Waals surface area contributed by atoms with E-state index in [2.05, 4.69) is 10.6 Å². The maximum absolute atomic E-state index is 11.4. The van der Waals surface area contributed by atoms with Gasteiger partial charge in [-0.25, -0.2) is 4.79 Å². The number of likely N-dealkylation sites (tertiary alicyclic amines) is 1. The van der Waals surface area contributed by atoms with E-state index < -0.39 is 23.8 Å². The van der Waals surface area contributed by atoms with E-state index in [-0.39, 0.29) is 12.6 Å². The summed E-state index contributed by atoms with van der Waals surface area (Å²) in [6, 6.07) is -0.566. The zero-order chi connectivity index (χ0) is 13.0. The average molecular weight is 243 g/mol. The summed E-state index contributed by atoms with van der Waals surface area (Å²) < 4.78 is 0. The minimum absolute atomic E-state index is 0.0387. The molecule has 0 spiro atoms. The SMILES string of the molecule is CC(C)NC(=O)NC(=O)CN1CC(C(=O)O)C1. The lowest BCUT2D eigenvalue weighted by molar-refractivity contribution is -0.148. The van der Waals surface area contributed by atoms with Gasteiger partial charge in [0.1, 0.15) is 0 Å². The molecule has 7 nitrogen and oxygen atoms in total. The molecule has 0 aromatic rings. The van der Waals surface area contributed by atoms with Crippen LogP contribution >= 0.6 is 0 Å². The zero-order valence-electron chi connectivity index (χ0n) is 9.90. The van der Waals surface area contributed by atoms with E-state index in [1.807, 2.05) is 0 Å². The van der Waals surface area contributed by atoms with Crippen molar-refractivity contribution in [3.05, 3.63) is 0 Å². The molecule has 1 fully saturated rings. The first kappa shape index (κ1) is 13.4. The number of amides is 3. The second kappa shape index (κ2) is 5.62. The minimum Gasteiger partial charge on any atom is -0.481 e. The van der Waals surface area contributed by atoms with Crippen LogP contribution in [0.15, 0.2) is 0 Å². The number of carbonyl (C=O) groups is 3. The van der Waals surface area contributed by atoms with Crippen molar-refractivity contribution < 1.29 is 19.5 Å². The molecular weight excluding hydrogens is 226 g/mol. The molecule has 1 saturated heterocycles. The molecule has 17 heavy (non-hydrogen) atoms. The molecule has 0 atom stereocenters. The van der Waals surface area contributed by atoms with Crippen LogP contribution in [0.4, 0.5) is 4.79 Å². The van der Waals surface area contributed by atoms with Crippen molar-refractivity contribution >= 4 is 17.9 Å². The second-order valence-electron chi connectivity index (χ2n) is 4.41. The van der Waals surface area contributed by atoms with E-state index in [1.165, 1.54) is 0 Å². The highest BCUT2D eigenvalue weighted by molar-refractivity contribution is 5.95. The fourth-order valence-electron chi connectivity index (χ4n) is 1.52. The zero-order valence-corrected chi connectivity index (χ0v) is 9.90. The van der Waals surface area contributed by atoms with E-state index >= 15 is 0 Å². The monoisotopic (exact) mass is 243 g/mol. The number of carboxylic acids is 1. The number of hydrogen-bond donors (Lipinski definition) is 3. The molecule has 1 rings (SSSR count). The number of nitrogens with one attached hydrogen (secondary N) is 2. The molecule has 0 radical (unpaired) electrons. The third kappa shape index (κ3) is 4.39. The third-order valence-corrected chi connectivity index (χ3v) is 2.35. The summed E-state index contributed by atoms with van der Waals surface area (Å²) in [7, 11) is 0. The standard InChI is InChI=1S/C10H17N3O4/c1-6(2)11-10(17)12-8(14)5-13-3-7(4-13)9(15)16/h6-7H,3-5H2,1-2H3,(H,15,16)(H2,11,12,14,17). The number of rotatable bonds is 4. The molecule has 3 amide bonds. The van der Waals surface area contributed by atoms with Gasteiger partial charge in [0, 0.05) is 19.1 Å². The summed E-state index contributed by atoms with van der Waals surface area (Å²) in [5, 5.41) is 13.3. The Morgan fingerprint density at radius 1 is 1.35 bits per heavy atom. The normalized spacial score (nSPS) is 16.4. The number of carbonyl (C=O) groups excluding carboxylic acids is 2. The van der Waals surface area contributed by atoms with Gasteiger partial charge >= 0.3 is 12.0 Å². The predicted molar refractivity (Wildman–Crippen MR) is 59.4 cm³/mol. The summed E-state index contributed by atoms with van der Waals surface area (Å²) in [6.45, 7) is 4.34. The lowest BCUT2D eigenvalue weighted by Crippen LogP contribution is -2.54. The molecule has 0 aromatic heterocycles. The van der Waals surface area contributed by atoms with Crippen LogP contribution in [0.5, 0.6) is 0 Å². The summed E-state index contributed by atoms with van der Waals surface area (Å²) in [5.74, 6) is -1.67. The van der Waals surface area contributed by atoms with Gasteiger partial charge in [0.05, 0.1) is 12.5 Å². The van der Waals surface area contributed by atoms with Crippen molar-refractivity contribution in [1.82, 2.24) is 15.5 Å². The van der Waals surface area contributed by atoms with Crippen molar-refractivity contribution in [2.75, 3.05) is 19.6 Å². The fourth-order valence-corrected chi connectivity index (χ4v) is 1.52. The number of nitrogens with zero attached hydrogens (tertiary/aromatic N) is 1.